The van der Waals surface area contributed by atoms with Gasteiger partial charge >= 0.3 is 6.09 Å². The van der Waals surface area contributed by atoms with Gasteiger partial charge in [-0.2, -0.15) is 0 Å². The summed E-state index contributed by atoms with van der Waals surface area (Å²) in [6.45, 7) is 5.67. The Bertz CT molecular complexity index is 964. The Morgan fingerprint density at radius 1 is 1.03 bits per heavy atom. The van der Waals surface area contributed by atoms with Crippen molar-refractivity contribution in [2.24, 2.45) is 17.8 Å². The summed E-state index contributed by atoms with van der Waals surface area (Å²) in [5.74, 6) is -3.19. The molecule has 1 heterocycles. The molecule has 2 aromatic carbocycles. The van der Waals surface area contributed by atoms with Crippen LogP contribution in [0.2, 0.25) is 0 Å². The van der Waals surface area contributed by atoms with Crippen LogP contribution in [0.3, 0.4) is 0 Å². The molecule has 5 atom stereocenters. The van der Waals surface area contributed by atoms with E-state index in [1.807, 2.05) is 60.7 Å². The third-order valence-electron chi connectivity index (χ3n) is 6.35. The van der Waals surface area contributed by atoms with Gasteiger partial charge in [-0.25, -0.2) is 9.69 Å². The number of nitrogens with zero attached hydrogens (tertiary/aromatic N) is 1. The van der Waals surface area contributed by atoms with E-state index < -0.39 is 41.8 Å². The van der Waals surface area contributed by atoms with Crippen LogP contribution in [0.15, 0.2) is 60.7 Å². The molecule has 34 heavy (non-hydrogen) atoms. The second kappa shape index (κ2) is 11.9. The number of benzene rings is 2. The molecule has 0 saturated carbocycles. The van der Waals surface area contributed by atoms with Gasteiger partial charge < -0.3 is 14.6 Å². The van der Waals surface area contributed by atoms with Gasteiger partial charge in [0.05, 0.1) is 31.3 Å². The molecule has 1 aliphatic heterocycles. The van der Waals surface area contributed by atoms with Crippen LogP contribution in [0.25, 0.3) is 0 Å². The lowest BCUT2D eigenvalue weighted by Crippen LogP contribution is -2.47. The summed E-state index contributed by atoms with van der Waals surface area (Å²) in [5.41, 5.74) is 1.99. The zero-order valence-electron chi connectivity index (χ0n) is 19.9. The Morgan fingerprint density at radius 3 is 2.24 bits per heavy atom. The Hall–Kier alpha value is -3.03. The molecule has 2 amide bonds. The van der Waals surface area contributed by atoms with Gasteiger partial charge in [-0.05, 0) is 24.5 Å². The fourth-order valence-electron chi connectivity index (χ4n) is 4.19. The van der Waals surface area contributed by atoms with Gasteiger partial charge in [0.15, 0.2) is 0 Å². The van der Waals surface area contributed by atoms with Gasteiger partial charge in [-0.3, -0.25) is 9.59 Å². The van der Waals surface area contributed by atoms with Gasteiger partial charge in [0, 0.05) is 11.8 Å². The van der Waals surface area contributed by atoms with Crippen molar-refractivity contribution in [1.29, 1.82) is 0 Å². The predicted molar refractivity (Wildman–Crippen MR) is 127 cm³/mol. The van der Waals surface area contributed by atoms with Crippen LogP contribution >= 0.6 is 0 Å². The lowest BCUT2D eigenvalue weighted by molar-refractivity contribution is -0.142. The molecule has 7 nitrogen and oxygen atoms in total. The molecule has 1 N–H and O–H groups in total. The highest BCUT2D eigenvalue weighted by Gasteiger charge is 2.43. The summed E-state index contributed by atoms with van der Waals surface area (Å²) < 4.78 is 10.8. The van der Waals surface area contributed by atoms with Gasteiger partial charge in [-0.15, -0.1) is 0 Å². The lowest BCUT2D eigenvalue weighted by atomic mass is 9.85. The summed E-state index contributed by atoms with van der Waals surface area (Å²) in [7, 11) is 0. The van der Waals surface area contributed by atoms with Gasteiger partial charge in [-0.1, -0.05) is 74.5 Å². The van der Waals surface area contributed by atoms with Crippen molar-refractivity contribution < 1.29 is 29.0 Å². The van der Waals surface area contributed by atoms with Crippen molar-refractivity contribution in [3.63, 3.8) is 0 Å². The van der Waals surface area contributed by atoms with E-state index in [1.54, 1.807) is 13.8 Å². The standard InChI is InChI=1S/C27H33NO6/c1-18(15-33-16-22-12-8-5-9-13-22)24(29)19(2)25(30)20(3)26(31)28-23(17-34-27(28)32)14-21-10-6-4-7-11-21/h4-13,18-20,23-24,29H,14-17H2,1-3H3/t18-,19+,20-,23-,24-/m0/s1. The Labute approximate surface area is 200 Å². The number of imide groups is 1. The maximum Gasteiger partial charge on any atom is 0.417 e. The number of hydrogen-bond donors (Lipinski definition) is 1. The minimum absolute atomic E-state index is 0.0916. The van der Waals surface area contributed by atoms with E-state index in [0.29, 0.717) is 13.0 Å². The number of carbonyl (C=O) groups excluding carboxylic acids is 3. The van der Waals surface area contributed by atoms with E-state index in [-0.39, 0.29) is 19.1 Å². The van der Waals surface area contributed by atoms with E-state index in [9.17, 15) is 19.5 Å². The molecule has 0 aliphatic carbocycles. The van der Waals surface area contributed by atoms with Crippen LogP contribution in [0.5, 0.6) is 0 Å². The normalized spacial score (nSPS) is 19.2. The first-order valence-electron chi connectivity index (χ1n) is 11.7. The SMILES string of the molecule is C[C@@H](C(=O)[C@H](C)[C@@H](O)[C@@H](C)COCc1ccccc1)C(=O)N1C(=O)OC[C@@H]1Cc1ccccc1. The van der Waals surface area contributed by atoms with Gasteiger partial charge in [0.1, 0.15) is 12.4 Å². The number of aliphatic hydroxyl groups is 1. The molecule has 1 fully saturated rings. The van der Waals surface area contributed by atoms with Crippen LogP contribution in [-0.4, -0.2) is 53.1 Å². The molecule has 7 heteroatoms. The maximum atomic E-state index is 13.1. The summed E-state index contributed by atoms with van der Waals surface area (Å²) in [5, 5.41) is 10.7. The molecule has 182 valence electrons. The number of ether oxygens (including phenoxy) is 2. The third-order valence-corrected chi connectivity index (χ3v) is 6.35. The van der Waals surface area contributed by atoms with Crippen LogP contribution in [-0.2, 0) is 32.1 Å². The molecule has 0 radical (unpaired) electrons. The van der Waals surface area contributed by atoms with E-state index in [1.165, 1.54) is 6.92 Å². The quantitative estimate of drug-likeness (QED) is 0.507. The third kappa shape index (κ3) is 6.30. The van der Waals surface area contributed by atoms with E-state index in [0.717, 1.165) is 16.0 Å². The minimum atomic E-state index is -1.08. The zero-order valence-corrected chi connectivity index (χ0v) is 19.9. The predicted octanol–water partition coefficient (Wildman–Crippen LogP) is 3.63. The molecule has 1 aliphatic rings. The Kier molecular flexibility index (Phi) is 8.96. The molecule has 3 rings (SSSR count). The molecule has 2 aromatic rings. The largest absolute Gasteiger partial charge is 0.447 e. The Balaban J connectivity index is 1.56. The highest BCUT2D eigenvalue weighted by Crippen LogP contribution is 2.24. The first-order valence-corrected chi connectivity index (χ1v) is 11.7. The monoisotopic (exact) mass is 467 g/mol. The lowest BCUT2D eigenvalue weighted by Gasteiger charge is -2.27. The van der Waals surface area contributed by atoms with Gasteiger partial charge in [0.25, 0.3) is 0 Å². The molecule has 0 aromatic heterocycles. The van der Waals surface area contributed by atoms with Crippen LogP contribution in [0, 0.1) is 17.8 Å². The van der Waals surface area contributed by atoms with Gasteiger partial charge in [0.2, 0.25) is 5.91 Å². The Morgan fingerprint density at radius 2 is 1.62 bits per heavy atom. The van der Waals surface area contributed by atoms with Crippen LogP contribution in [0.1, 0.15) is 31.9 Å². The number of ketones is 1. The summed E-state index contributed by atoms with van der Waals surface area (Å²) >= 11 is 0. The summed E-state index contributed by atoms with van der Waals surface area (Å²) in [6.07, 6.45) is -1.27. The maximum absolute atomic E-state index is 13.1. The van der Waals surface area contributed by atoms with E-state index in [4.69, 9.17) is 9.47 Å². The first-order chi connectivity index (χ1) is 16.3. The highest BCUT2D eigenvalue weighted by molar-refractivity contribution is 6.07. The molecule has 0 unspecified atom stereocenters. The number of rotatable bonds is 11. The van der Waals surface area contributed by atoms with Crippen molar-refractivity contribution in [2.75, 3.05) is 13.2 Å². The van der Waals surface area contributed by atoms with Crippen molar-refractivity contribution in [3.05, 3.63) is 71.8 Å². The van der Waals surface area contributed by atoms with E-state index in [2.05, 4.69) is 0 Å². The number of Topliss-reactive ketones (excluding diaryl/α,β-unsaturated/α-hetero) is 1. The average Bonchev–Trinajstić information content (AvgIpc) is 3.22. The molecular formula is C27H33NO6. The summed E-state index contributed by atoms with van der Waals surface area (Å²) in [4.78, 5) is 39.5. The minimum Gasteiger partial charge on any atom is -0.447 e. The second-order valence-electron chi connectivity index (χ2n) is 9.01. The number of carbonyl (C=O) groups is 3. The number of hydrogen-bond acceptors (Lipinski definition) is 6. The average molecular weight is 468 g/mol. The number of cyclic esters (lactones) is 1. The molecule has 0 spiro atoms. The van der Waals surface area contributed by atoms with Crippen molar-refractivity contribution in [1.82, 2.24) is 4.90 Å². The summed E-state index contributed by atoms with van der Waals surface area (Å²) in [6, 6.07) is 18.7. The van der Waals surface area contributed by atoms with Crippen molar-refractivity contribution in [3.8, 4) is 0 Å². The van der Waals surface area contributed by atoms with Crippen molar-refractivity contribution in [2.45, 2.75) is 45.9 Å². The van der Waals surface area contributed by atoms with Crippen LogP contribution in [0.4, 0.5) is 4.79 Å². The van der Waals surface area contributed by atoms with Crippen molar-refractivity contribution >= 4 is 17.8 Å². The van der Waals surface area contributed by atoms with Crippen LogP contribution < -0.4 is 0 Å². The first kappa shape index (κ1) is 25.6. The van der Waals surface area contributed by atoms with E-state index >= 15 is 0 Å². The fraction of sp³-hybridized carbons (Fsp3) is 0.444. The number of amides is 2. The molecule has 1 saturated heterocycles. The fourth-order valence-corrected chi connectivity index (χ4v) is 4.19. The smallest absolute Gasteiger partial charge is 0.417 e. The number of aliphatic hydroxyl groups excluding tert-OH is 1. The molecular weight excluding hydrogens is 434 g/mol. The topological polar surface area (TPSA) is 93.1 Å². The second-order valence-corrected chi connectivity index (χ2v) is 9.01. The molecule has 0 bridgehead atoms. The zero-order chi connectivity index (χ0) is 24.7. The highest BCUT2D eigenvalue weighted by atomic mass is 16.6.